The molecule has 2 saturated heterocycles. The molecular formula is C34H37N3O7. The van der Waals surface area contributed by atoms with Crippen molar-refractivity contribution >= 4 is 23.7 Å². The Morgan fingerprint density at radius 3 is 2.45 bits per heavy atom. The zero-order chi connectivity index (χ0) is 30.7. The Kier molecular flexibility index (Phi) is 8.63. The molecule has 2 aromatic rings. The maximum absolute atomic E-state index is 14.6. The molecule has 10 nitrogen and oxygen atoms in total. The number of amides is 3. The zero-order valence-electron chi connectivity index (χ0n) is 24.4. The van der Waals surface area contributed by atoms with Crippen molar-refractivity contribution in [1.82, 2.24) is 15.1 Å². The second kappa shape index (κ2) is 12.8. The predicted octanol–water partition coefficient (Wildman–Crippen LogP) is 2.30. The summed E-state index contributed by atoms with van der Waals surface area (Å²) in [4.78, 5) is 58.6. The number of nitrogens with one attached hydrogen (secondary N) is 1. The van der Waals surface area contributed by atoms with E-state index in [9.17, 15) is 24.3 Å². The lowest BCUT2D eigenvalue weighted by molar-refractivity contribution is -0.148. The van der Waals surface area contributed by atoms with Crippen LogP contribution in [0.1, 0.15) is 36.4 Å². The van der Waals surface area contributed by atoms with Gasteiger partial charge in [-0.15, -0.1) is 0 Å². The third kappa shape index (κ3) is 5.55. The molecule has 4 aliphatic rings. The summed E-state index contributed by atoms with van der Waals surface area (Å²) in [5.41, 5.74) is 0.352. The van der Waals surface area contributed by atoms with Crippen LogP contribution in [0.3, 0.4) is 0 Å². The van der Waals surface area contributed by atoms with Crippen LogP contribution in [0.4, 0.5) is 0 Å². The fourth-order valence-corrected chi connectivity index (χ4v) is 6.88. The van der Waals surface area contributed by atoms with E-state index in [0.29, 0.717) is 13.0 Å². The van der Waals surface area contributed by atoms with Crippen LogP contribution in [0.2, 0.25) is 0 Å². The number of allylic oxidation sites excluding steroid dienone is 1. The molecule has 2 fully saturated rings. The molecule has 4 aliphatic heterocycles. The Hall–Kier alpha value is -4.28. The van der Waals surface area contributed by atoms with E-state index in [1.165, 1.54) is 4.90 Å². The Labute approximate surface area is 256 Å². The Balaban J connectivity index is 1.39. The van der Waals surface area contributed by atoms with Gasteiger partial charge in [0.2, 0.25) is 17.7 Å². The molecule has 0 aliphatic carbocycles. The highest BCUT2D eigenvalue weighted by molar-refractivity contribution is 6.00. The highest BCUT2D eigenvalue weighted by Gasteiger charge is 2.73. The normalized spacial score (nSPS) is 31.2. The van der Waals surface area contributed by atoms with E-state index in [1.807, 2.05) is 72.8 Å². The van der Waals surface area contributed by atoms with Crippen LogP contribution in [-0.2, 0) is 35.2 Å². The number of esters is 1. The maximum atomic E-state index is 14.6. The number of cyclic esters (lactones) is 1. The molecule has 0 saturated carbocycles. The Morgan fingerprint density at radius 1 is 0.955 bits per heavy atom. The van der Waals surface area contributed by atoms with Gasteiger partial charge in [0.05, 0.1) is 24.0 Å². The maximum Gasteiger partial charge on any atom is 0.306 e. The number of fused-ring (bicyclic) bond motifs is 2. The molecule has 6 atom stereocenters. The van der Waals surface area contributed by atoms with Gasteiger partial charge >= 0.3 is 5.97 Å². The number of likely N-dealkylation sites (tertiary alicyclic amines) is 1. The summed E-state index contributed by atoms with van der Waals surface area (Å²) in [7, 11) is 0. The molecule has 5 bridgehead atoms. The van der Waals surface area contributed by atoms with Crippen LogP contribution in [0.5, 0.6) is 0 Å². The molecule has 1 spiro atoms. The fourth-order valence-electron chi connectivity index (χ4n) is 6.88. The first-order chi connectivity index (χ1) is 21.4. The summed E-state index contributed by atoms with van der Waals surface area (Å²) in [5.74, 6) is -3.26. The van der Waals surface area contributed by atoms with Gasteiger partial charge in [-0.3, -0.25) is 19.2 Å². The van der Waals surface area contributed by atoms with Crippen LogP contribution < -0.4 is 5.32 Å². The molecule has 4 heterocycles. The number of hydrogen-bond donors (Lipinski definition) is 2. The summed E-state index contributed by atoms with van der Waals surface area (Å²) < 4.78 is 12.1. The van der Waals surface area contributed by atoms with E-state index in [0.717, 1.165) is 11.1 Å². The van der Waals surface area contributed by atoms with Gasteiger partial charge in [-0.25, -0.2) is 0 Å². The third-order valence-electron chi connectivity index (χ3n) is 8.93. The van der Waals surface area contributed by atoms with Crippen molar-refractivity contribution in [2.24, 2.45) is 11.8 Å². The van der Waals surface area contributed by atoms with Crippen LogP contribution in [0, 0.1) is 11.8 Å². The average molecular weight is 600 g/mol. The second-order valence-corrected chi connectivity index (χ2v) is 11.7. The molecule has 230 valence electrons. The number of rotatable bonds is 6. The molecule has 2 N–H and O–H groups in total. The summed E-state index contributed by atoms with van der Waals surface area (Å²) in [6, 6.07) is 17.1. The van der Waals surface area contributed by atoms with Gasteiger partial charge in [0, 0.05) is 32.7 Å². The summed E-state index contributed by atoms with van der Waals surface area (Å²) in [6.45, 7) is 0.471. The number of hydrogen-bond acceptors (Lipinski definition) is 7. The third-order valence-corrected chi connectivity index (χ3v) is 8.93. The highest BCUT2D eigenvalue weighted by Crippen LogP contribution is 2.55. The number of nitrogens with zero attached hydrogens (tertiary/aromatic N) is 2. The topological polar surface area (TPSA) is 125 Å². The molecule has 2 aromatic carbocycles. The van der Waals surface area contributed by atoms with Crippen molar-refractivity contribution in [2.75, 3.05) is 26.3 Å². The Bertz CT molecular complexity index is 1450. The van der Waals surface area contributed by atoms with Crippen LogP contribution in [0.25, 0.3) is 0 Å². The number of aliphatic hydroxyl groups excluding tert-OH is 1. The van der Waals surface area contributed by atoms with E-state index in [2.05, 4.69) is 5.32 Å². The monoisotopic (exact) mass is 599 g/mol. The molecule has 0 aromatic heterocycles. The number of benzene rings is 2. The van der Waals surface area contributed by atoms with Crippen LogP contribution in [-0.4, -0.2) is 82.6 Å². The van der Waals surface area contributed by atoms with Gasteiger partial charge in [0.15, 0.2) is 0 Å². The quantitative estimate of drug-likeness (QED) is 0.386. The standard InChI is InChI=1S/C34H37N3O7/c38-20-10-19-37-30-33(42)36(21-23-11-4-1-5-12-23)18-9-3-8-15-27(39)43-22-25(24-13-6-2-7-14-24)35-31(40)28-26-16-17-34(30,44-26)29(28)32(37)41/h1-7,9,11-14,16-17,25-26,28-30,38H,8,10,15,18-22H2,(H,35,40)/b9-3-/t25-,26-,28+,29+,30-,34+/m1/s1. The van der Waals surface area contributed by atoms with Gasteiger partial charge in [0.1, 0.15) is 18.2 Å². The summed E-state index contributed by atoms with van der Waals surface area (Å²) >= 11 is 0. The molecule has 10 heteroatoms. The van der Waals surface area contributed by atoms with Crippen molar-refractivity contribution in [3.63, 3.8) is 0 Å². The first kappa shape index (κ1) is 29.8. The largest absolute Gasteiger partial charge is 0.463 e. The lowest BCUT2D eigenvalue weighted by Gasteiger charge is -2.36. The Morgan fingerprint density at radius 2 is 1.70 bits per heavy atom. The summed E-state index contributed by atoms with van der Waals surface area (Å²) in [5, 5.41) is 12.7. The lowest BCUT2D eigenvalue weighted by atomic mass is 9.74. The smallest absolute Gasteiger partial charge is 0.306 e. The molecular weight excluding hydrogens is 562 g/mol. The number of carbonyl (C=O) groups is 4. The lowest BCUT2D eigenvalue weighted by Crippen LogP contribution is -2.55. The predicted molar refractivity (Wildman–Crippen MR) is 159 cm³/mol. The van der Waals surface area contributed by atoms with Crippen molar-refractivity contribution < 1.29 is 33.8 Å². The molecule has 0 radical (unpaired) electrons. The zero-order valence-corrected chi connectivity index (χ0v) is 24.4. The van der Waals surface area contributed by atoms with E-state index >= 15 is 0 Å². The van der Waals surface area contributed by atoms with Crippen molar-refractivity contribution in [1.29, 1.82) is 0 Å². The van der Waals surface area contributed by atoms with Gasteiger partial charge in [0.25, 0.3) is 0 Å². The van der Waals surface area contributed by atoms with Crippen molar-refractivity contribution in [2.45, 2.75) is 49.6 Å². The second-order valence-electron chi connectivity index (χ2n) is 11.7. The van der Waals surface area contributed by atoms with E-state index in [1.54, 1.807) is 17.1 Å². The average Bonchev–Trinajstić information content (AvgIpc) is 3.68. The minimum absolute atomic E-state index is 0.0648. The van der Waals surface area contributed by atoms with Crippen molar-refractivity contribution in [3.05, 3.63) is 96.1 Å². The first-order valence-corrected chi connectivity index (χ1v) is 15.2. The SMILES string of the molecule is O=C1CC/C=C\CN(Cc2ccccc2)C(=O)[C@H]2N(CCCO)C(=O)[C@@H]3[C@@H](C(=O)N[C@@H](c4ccccc4)CO1)[C@H]1C=C[C@]32O1. The molecule has 3 amide bonds. The molecule has 0 unspecified atom stereocenters. The first-order valence-electron chi connectivity index (χ1n) is 15.2. The van der Waals surface area contributed by atoms with Crippen molar-refractivity contribution in [3.8, 4) is 0 Å². The summed E-state index contributed by atoms with van der Waals surface area (Å²) in [6.07, 6.45) is 7.41. The van der Waals surface area contributed by atoms with Crippen LogP contribution >= 0.6 is 0 Å². The fraction of sp³-hybridized carbons (Fsp3) is 0.412. The molecule has 44 heavy (non-hydrogen) atoms. The minimum atomic E-state index is -1.32. The highest BCUT2D eigenvalue weighted by atomic mass is 16.5. The van der Waals surface area contributed by atoms with Crippen LogP contribution in [0.15, 0.2) is 85.0 Å². The van der Waals surface area contributed by atoms with Gasteiger partial charge in [-0.1, -0.05) is 85.0 Å². The van der Waals surface area contributed by atoms with E-state index in [-0.39, 0.29) is 51.0 Å². The number of carbonyl (C=O) groups excluding carboxylic acids is 4. The van der Waals surface area contributed by atoms with E-state index < -0.39 is 47.5 Å². The van der Waals surface area contributed by atoms with Gasteiger partial charge in [-0.05, 0) is 24.0 Å². The minimum Gasteiger partial charge on any atom is -0.463 e. The van der Waals surface area contributed by atoms with Gasteiger partial charge < -0.3 is 29.7 Å². The number of aliphatic hydroxyl groups is 1. The number of ether oxygens (including phenoxy) is 2. The van der Waals surface area contributed by atoms with E-state index in [4.69, 9.17) is 9.47 Å². The van der Waals surface area contributed by atoms with Gasteiger partial charge in [-0.2, -0.15) is 0 Å². The molecule has 6 rings (SSSR count).